The van der Waals surface area contributed by atoms with Crippen molar-refractivity contribution in [3.05, 3.63) is 37.7 Å². The number of rotatable bonds is 3. The predicted octanol–water partition coefficient (Wildman–Crippen LogP) is 4.29. The molecule has 0 saturated heterocycles. The van der Waals surface area contributed by atoms with Crippen molar-refractivity contribution in [2.45, 2.75) is 25.5 Å². The lowest BCUT2D eigenvalue weighted by Crippen LogP contribution is -2.41. The minimum absolute atomic E-state index is 0.0938. The summed E-state index contributed by atoms with van der Waals surface area (Å²) in [7, 11) is 0. The van der Waals surface area contributed by atoms with E-state index in [9.17, 15) is 4.79 Å². The molecule has 2 aromatic heterocycles. The normalized spacial score (nSPS) is 18.9. The van der Waals surface area contributed by atoms with Crippen LogP contribution in [0, 0.1) is 0 Å². The lowest BCUT2D eigenvalue weighted by atomic mass is 10.0. The van der Waals surface area contributed by atoms with Crippen molar-refractivity contribution in [3.8, 4) is 0 Å². The van der Waals surface area contributed by atoms with Gasteiger partial charge in [-0.1, -0.05) is 11.6 Å². The minimum Gasteiger partial charge on any atom is -0.371 e. The molecular weight excluding hydrogens is 328 g/mol. The molecule has 1 aliphatic heterocycles. The van der Waals surface area contributed by atoms with Gasteiger partial charge in [0.1, 0.15) is 10.4 Å². The molecule has 21 heavy (non-hydrogen) atoms. The van der Waals surface area contributed by atoms with E-state index >= 15 is 0 Å². The van der Waals surface area contributed by atoms with Gasteiger partial charge in [0, 0.05) is 11.3 Å². The first-order valence-electron chi connectivity index (χ1n) is 6.63. The van der Waals surface area contributed by atoms with Crippen LogP contribution in [0.3, 0.4) is 0 Å². The summed E-state index contributed by atoms with van der Waals surface area (Å²) in [5, 5.41) is 9.59. The first-order chi connectivity index (χ1) is 10.1. The molecule has 0 radical (unpaired) electrons. The standard InChI is InChI=1S/C14H15ClN2O2S2/c1-8(12-9-3-6-20-11(9)2-5-19-12)16-14(18)17-10-4-7-21-13(10)15/h3-4,6-8,12H,2,5H2,1H3,(H2,16,17,18)/t8-,12+/m0/s1. The highest BCUT2D eigenvalue weighted by molar-refractivity contribution is 7.15. The summed E-state index contributed by atoms with van der Waals surface area (Å²) >= 11 is 9.11. The number of fused-ring (bicyclic) bond motifs is 1. The van der Waals surface area contributed by atoms with E-state index in [2.05, 4.69) is 22.1 Å². The number of thiophene rings is 2. The number of hydrogen-bond acceptors (Lipinski definition) is 4. The Bertz CT molecular complexity index is 640. The maximum absolute atomic E-state index is 12.0. The van der Waals surface area contributed by atoms with E-state index in [1.165, 1.54) is 21.8 Å². The fraction of sp³-hybridized carbons (Fsp3) is 0.357. The number of amides is 2. The predicted molar refractivity (Wildman–Crippen MR) is 87.7 cm³/mol. The summed E-state index contributed by atoms with van der Waals surface area (Å²) in [6, 6.07) is 3.48. The quantitative estimate of drug-likeness (QED) is 0.874. The monoisotopic (exact) mass is 342 g/mol. The first-order valence-corrected chi connectivity index (χ1v) is 8.77. The molecule has 3 rings (SSSR count). The van der Waals surface area contributed by atoms with E-state index < -0.39 is 0 Å². The van der Waals surface area contributed by atoms with Crippen molar-refractivity contribution in [2.24, 2.45) is 0 Å². The van der Waals surface area contributed by atoms with Gasteiger partial charge in [-0.05, 0) is 35.4 Å². The van der Waals surface area contributed by atoms with Gasteiger partial charge in [-0.3, -0.25) is 0 Å². The number of nitrogens with one attached hydrogen (secondary N) is 2. The van der Waals surface area contributed by atoms with Crippen molar-refractivity contribution in [1.82, 2.24) is 5.32 Å². The highest BCUT2D eigenvalue weighted by atomic mass is 35.5. The van der Waals surface area contributed by atoms with E-state index in [0.717, 1.165) is 6.42 Å². The molecule has 0 bridgehead atoms. The van der Waals surface area contributed by atoms with Crippen LogP contribution < -0.4 is 10.6 Å². The van der Waals surface area contributed by atoms with Crippen molar-refractivity contribution in [1.29, 1.82) is 0 Å². The van der Waals surface area contributed by atoms with Crippen molar-refractivity contribution < 1.29 is 9.53 Å². The molecule has 3 heterocycles. The lowest BCUT2D eigenvalue weighted by Gasteiger charge is -2.29. The van der Waals surface area contributed by atoms with Gasteiger partial charge in [-0.2, -0.15) is 0 Å². The number of carbonyl (C=O) groups is 1. The largest absolute Gasteiger partial charge is 0.371 e. The van der Waals surface area contributed by atoms with Crippen LogP contribution in [0.15, 0.2) is 22.9 Å². The van der Waals surface area contributed by atoms with Crippen LogP contribution in [0.4, 0.5) is 10.5 Å². The first kappa shape index (κ1) is 14.8. The van der Waals surface area contributed by atoms with Crippen molar-refractivity contribution >= 4 is 46.0 Å². The Balaban J connectivity index is 1.63. The maximum atomic E-state index is 12.0. The average molecular weight is 343 g/mol. The minimum atomic E-state index is -0.270. The molecule has 2 N–H and O–H groups in total. The Morgan fingerprint density at radius 1 is 1.43 bits per heavy atom. The van der Waals surface area contributed by atoms with E-state index in [-0.39, 0.29) is 18.2 Å². The van der Waals surface area contributed by atoms with Crippen LogP contribution in [0.5, 0.6) is 0 Å². The third kappa shape index (κ3) is 3.23. The van der Waals surface area contributed by atoms with Gasteiger partial charge in [0.05, 0.1) is 18.3 Å². The Hall–Kier alpha value is -1.08. The molecular formula is C14H15ClN2O2S2. The van der Waals surface area contributed by atoms with Gasteiger partial charge in [0.2, 0.25) is 0 Å². The van der Waals surface area contributed by atoms with Gasteiger partial charge in [0.25, 0.3) is 0 Å². The molecule has 0 aromatic carbocycles. The lowest BCUT2D eigenvalue weighted by molar-refractivity contribution is 0.0238. The maximum Gasteiger partial charge on any atom is 0.319 e. The number of hydrogen-bond donors (Lipinski definition) is 2. The third-order valence-electron chi connectivity index (χ3n) is 3.39. The molecule has 4 nitrogen and oxygen atoms in total. The highest BCUT2D eigenvalue weighted by Crippen LogP contribution is 2.33. The molecule has 0 spiro atoms. The summed E-state index contributed by atoms with van der Waals surface area (Å²) in [6.07, 6.45) is 0.858. The summed E-state index contributed by atoms with van der Waals surface area (Å²) in [6.45, 7) is 2.65. The SMILES string of the molecule is C[C@H](NC(=O)Nc1ccsc1Cl)[C@H]1OCCc2sccc21. The second-order valence-corrected chi connectivity index (χ2v) is 7.35. The number of carbonyl (C=O) groups excluding carboxylic acids is 1. The number of ether oxygens (including phenoxy) is 1. The Labute approximate surface area is 136 Å². The van der Waals surface area contributed by atoms with E-state index in [1.54, 1.807) is 17.4 Å². The molecule has 2 aromatic rings. The molecule has 2 atom stereocenters. The van der Waals surface area contributed by atoms with Crippen molar-refractivity contribution in [2.75, 3.05) is 11.9 Å². The van der Waals surface area contributed by atoms with Gasteiger partial charge in [0.15, 0.2) is 0 Å². The average Bonchev–Trinajstić information content (AvgIpc) is 3.07. The van der Waals surface area contributed by atoms with E-state index in [0.29, 0.717) is 16.6 Å². The Morgan fingerprint density at radius 3 is 3.00 bits per heavy atom. The number of urea groups is 1. The van der Waals surface area contributed by atoms with Crippen LogP contribution in [0.2, 0.25) is 4.34 Å². The second-order valence-electron chi connectivity index (χ2n) is 4.84. The zero-order valence-corrected chi connectivity index (χ0v) is 13.8. The molecule has 0 fully saturated rings. The molecule has 0 unspecified atom stereocenters. The Morgan fingerprint density at radius 2 is 2.24 bits per heavy atom. The fourth-order valence-corrected chi connectivity index (χ4v) is 4.15. The van der Waals surface area contributed by atoms with Crippen LogP contribution in [-0.4, -0.2) is 18.7 Å². The topological polar surface area (TPSA) is 50.4 Å². The van der Waals surface area contributed by atoms with Gasteiger partial charge < -0.3 is 15.4 Å². The summed E-state index contributed by atoms with van der Waals surface area (Å²) in [5.41, 5.74) is 1.82. The van der Waals surface area contributed by atoms with E-state index in [4.69, 9.17) is 16.3 Å². The Kier molecular flexibility index (Phi) is 4.49. The third-order valence-corrected chi connectivity index (χ3v) is 5.56. The van der Waals surface area contributed by atoms with Crippen LogP contribution in [0.25, 0.3) is 0 Å². The smallest absolute Gasteiger partial charge is 0.319 e. The summed E-state index contributed by atoms with van der Waals surface area (Å²) < 4.78 is 6.40. The molecule has 0 saturated carbocycles. The fourth-order valence-electron chi connectivity index (χ4n) is 2.41. The molecule has 7 heteroatoms. The van der Waals surface area contributed by atoms with Crippen LogP contribution in [0.1, 0.15) is 23.5 Å². The van der Waals surface area contributed by atoms with Crippen LogP contribution >= 0.6 is 34.3 Å². The van der Waals surface area contributed by atoms with E-state index in [1.807, 2.05) is 12.3 Å². The molecule has 1 aliphatic rings. The zero-order valence-electron chi connectivity index (χ0n) is 11.4. The van der Waals surface area contributed by atoms with Gasteiger partial charge in [-0.25, -0.2) is 4.79 Å². The molecule has 112 valence electrons. The molecule has 0 aliphatic carbocycles. The molecule has 2 amide bonds. The summed E-state index contributed by atoms with van der Waals surface area (Å²) in [5.74, 6) is 0. The van der Waals surface area contributed by atoms with Crippen molar-refractivity contribution in [3.63, 3.8) is 0 Å². The van der Waals surface area contributed by atoms with Gasteiger partial charge in [-0.15, -0.1) is 22.7 Å². The zero-order chi connectivity index (χ0) is 14.8. The number of anilines is 1. The second kappa shape index (κ2) is 6.36. The number of halogens is 1. The summed E-state index contributed by atoms with van der Waals surface area (Å²) in [4.78, 5) is 13.4. The van der Waals surface area contributed by atoms with Crippen LogP contribution in [-0.2, 0) is 11.2 Å². The van der Waals surface area contributed by atoms with Gasteiger partial charge >= 0.3 is 6.03 Å². The highest BCUT2D eigenvalue weighted by Gasteiger charge is 2.28.